The summed E-state index contributed by atoms with van der Waals surface area (Å²) in [5.41, 5.74) is 6.20. The first kappa shape index (κ1) is 35.0. The molecule has 0 bridgehead atoms. The maximum Gasteiger partial charge on any atom is 0 e. The van der Waals surface area contributed by atoms with Crippen LogP contribution in [0, 0.1) is 36.1 Å². The van der Waals surface area contributed by atoms with Crippen molar-refractivity contribution in [3.63, 3.8) is 0 Å². The number of halogens is 1. The molecule has 7 aromatic rings. The third-order valence-electron chi connectivity index (χ3n) is 10.5. The van der Waals surface area contributed by atoms with E-state index in [9.17, 15) is 5.76 Å². The van der Waals surface area contributed by atoms with Crippen molar-refractivity contribution in [2.24, 2.45) is 11.3 Å². The molecule has 297 valence electrons. The van der Waals surface area contributed by atoms with Gasteiger partial charge in [0.1, 0.15) is 0 Å². The van der Waals surface area contributed by atoms with Crippen molar-refractivity contribution >= 4 is 39.7 Å². The van der Waals surface area contributed by atoms with E-state index < -0.39 is 43.6 Å². The second kappa shape index (κ2) is 17.9. The Morgan fingerprint density at radius 1 is 0.895 bits per heavy atom. The number of aromatic nitrogens is 3. The zero-order valence-corrected chi connectivity index (χ0v) is 38.3. The van der Waals surface area contributed by atoms with Crippen LogP contribution in [-0.4, -0.2) is 28.2 Å². The molecule has 0 aliphatic heterocycles. The Bertz CT molecular complexity index is 2720. The zero-order chi connectivity index (χ0) is 44.8. The summed E-state index contributed by atoms with van der Waals surface area (Å²) in [6, 6.07) is 30.3. The summed E-state index contributed by atoms with van der Waals surface area (Å²) in [6.07, 6.45) is 9.68. The molecule has 4 aromatic heterocycles. The molecule has 1 atom stereocenters. The summed E-state index contributed by atoms with van der Waals surface area (Å²) in [4.78, 5) is 13.7. The average molecular weight is 1000 g/mol. The molecule has 3 aromatic carbocycles. The number of hydrogen-bond donors (Lipinski definition) is 0. The number of nitrogens with zero attached hydrogens (tertiary/aromatic N) is 3. The van der Waals surface area contributed by atoms with Gasteiger partial charge in [-0.05, 0) is 48.0 Å². The van der Waals surface area contributed by atoms with Crippen LogP contribution in [0.3, 0.4) is 0 Å². The van der Waals surface area contributed by atoms with Crippen LogP contribution in [0.2, 0.25) is 17.3 Å². The van der Waals surface area contributed by atoms with Crippen molar-refractivity contribution in [3.05, 3.63) is 132 Å². The summed E-state index contributed by atoms with van der Waals surface area (Å²) >= 11 is -2.47. The first-order chi connectivity index (χ1) is 29.1. The molecule has 0 amide bonds. The number of pyridine rings is 3. The van der Waals surface area contributed by atoms with Crippen LogP contribution in [-0.2, 0) is 26.5 Å². The Morgan fingerprint density at radius 3 is 2.35 bits per heavy atom. The number of aryl methyl sites for hydroxylation is 1. The average Bonchev–Trinajstić information content (AvgIpc) is 3.61. The number of benzene rings is 3. The van der Waals surface area contributed by atoms with Crippen molar-refractivity contribution in [1.82, 2.24) is 15.0 Å². The van der Waals surface area contributed by atoms with Gasteiger partial charge in [-0.25, -0.2) is 4.98 Å². The van der Waals surface area contributed by atoms with Gasteiger partial charge < -0.3 is 9.40 Å². The fraction of sp³-hybridized carbons (Fsp3) is 0.340. The topological polar surface area (TPSA) is 51.8 Å². The van der Waals surface area contributed by atoms with E-state index in [0.717, 1.165) is 67.6 Å². The maximum absolute atomic E-state index is 14.7. The van der Waals surface area contributed by atoms with Gasteiger partial charge in [-0.3, -0.25) is 0 Å². The smallest absolute Gasteiger partial charge is 0 e. The molecule has 1 fully saturated rings. The first-order valence-electron chi connectivity index (χ1n) is 22.6. The molecule has 1 aliphatic rings. The van der Waals surface area contributed by atoms with E-state index in [0.29, 0.717) is 17.2 Å². The van der Waals surface area contributed by atoms with Gasteiger partial charge in [-0.2, -0.15) is 0 Å². The van der Waals surface area contributed by atoms with Crippen LogP contribution in [0.4, 0.5) is 4.39 Å². The molecule has 0 spiro atoms. The second-order valence-electron chi connectivity index (χ2n) is 16.9. The van der Waals surface area contributed by atoms with Gasteiger partial charge in [-0.1, -0.05) is 79.1 Å². The van der Waals surface area contributed by atoms with E-state index in [1.54, 1.807) is 12.3 Å². The zero-order valence-electron chi connectivity index (χ0n) is 39.8. The fourth-order valence-corrected chi connectivity index (χ4v) is 10.5. The van der Waals surface area contributed by atoms with Crippen LogP contribution in [0.5, 0.6) is 0 Å². The molecule has 0 N–H and O–H groups in total. The Kier molecular flexibility index (Phi) is 11.0. The predicted octanol–water partition coefficient (Wildman–Crippen LogP) is 13.3. The van der Waals surface area contributed by atoms with Crippen molar-refractivity contribution in [3.8, 4) is 33.6 Å². The summed E-state index contributed by atoms with van der Waals surface area (Å²) in [6.45, 7) is 5.16. The Morgan fingerprint density at radius 2 is 1.65 bits per heavy atom. The Hall–Kier alpha value is -3.97. The SMILES string of the molecule is [2H]C(C)(c1ccnc(-c2[c-]ccc3c2oc2ncc(-c4ccccc4)cc23)c1)C1CCCCC1.[2H]C([2H])([2H])c1c[c-]c(-c2cc(C([2H])([2H])C(C)(C)C)[c]([Ge]([CH3])([CH3])[CH3])cn2)c(F)c1.[Ir]. The molecule has 4 nitrogen and oxygen atoms in total. The van der Waals surface area contributed by atoms with E-state index in [4.69, 9.17) is 11.3 Å². The Labute approximate surface area is 363 Å². The molecule has 8 rings (SSSR count). The van der Waals surface area contributed by atoms with Gasteiger partial charge in [0.2, 0.25) is 5.71 Å². The van der Waals surface area contributed by atoms with Crippen molar-refractivity contribution in [2.75, 3.05) is 0 Å². The molecule has 1 radical (unpaired) electrons. The molecular formula is C50H54FGeIrN3O-2. The number of fused-ring (bicyclic) bond motifs is 3. The van der Waals surface area contributed by atoms with Gasteiger partial charge in [-0.15, -0.1) is 18.2 Å². The summed E-state index contributed by atoms with van der Waals surface area (Å²) < 4.78 is 70.8. The van der Waals surface area contributed by atoms with Crippen LogP contribution >= 0.6 is 0 Å². The largest absolute Gasteiger partial charge is 0 e. The summed E-state index contributed by atoms with van der Waals surface area (Å²) in [5.74, 6) is 5.51. The van der Waals surface area contributed by atoms with Crippen LogP contribution in [0.15, 0.2) is 102 Å². The quantitative estimate of drug-likeness (QED) is 0.118. The molecule has 1 unspecified atom stereocenters. The normalized spacial score (nSPS) is 16.8. The minimum atomic E-state index is -2.47. The summed E-state index contributed by atoms with van der Waals surface area (Å²) in [7, 11) is 0. The van der Waals surface area contributed by atoms with Gasteiger partial charge >= 0.3 is 149 Å². The number of furan rings is 1. The van der Waals surface area contributed by atoms with E-state index in [1.807, 2.05) is 69.6 Å². The number of rotatable bonds is 7. The minimum Gasteiger partial charge on any atom is 0 e. The van der Waals surface area contributed by atoms with Crippen LogP contribution in [0.1, 0.15) is 90.6 Å². The van der Waals surface area contributed by atoms with E-state index >= 15 is 0 Å². The molecule has 1 saturated carbocycles. The van der Waals surface area contributed by atoms with Gasteiger partial charge in [0, 0.05) is 44.8 Å². The summed E-state index contributed by atoms with van der Waals surface area (Å²) in [5, 5.41) is 1.98. The fourth-order valence-electron chi connectivity index (χ4n) is 7.55. The van der Waals surface area contributed by atoms with Crippen molar-refractivity contribution < 1.29 is 37.1 Å². The van der Waals surface area contributed by atoms with Crippen LogP contribution < -0.4 is 4.40 Å². The second-order valence-corrected chi connectivity index (χ2v) is 27.5. The molecule has 4 heterocycles. The third-order valence-corrected chi connectivity index (χ3v) is 14.7. The van der Waals surface area contributed by atoms with Gasteiger partial charge in [0.05, 0.1) is 5.58 Å². The molecule has 57 heavy (non-hydrogen) atoms. The van der Waals surface area contributed by atoms with E-state index in [1.165, 1.54) is 25.3 Å². The monoisotopic (exact) mass is 1000 g/mol. The Balaban J connectivity index is 0.000000211. The molecular weight excluding hydrogens is 942 g/mol. The first-order valence-corrected chi connectivity index (χ1v) is 26.9. The van der Waals surface area contributed by atoms with E-state index in [-0.39, 0.29) is 36.9 Å². The molecule has 7 heteroatoms. The predicted molar refractivity (Wildman–Crippen MR) is 233 cm³/mol. The van der Waals surface area contributed by atoms with Crippen LogP contribution in [0.25, 0.3) is 55.7 Å². The third kappa shape index (κ3) is 10.0. The van der Waals surface area contributed by atoms with Crippen molar-refractivity contribution in [2.45, 2.75) is 96.2 Å². The van der Waals surface area contributed by atoms with E-state index in [2.05, 4.69) is 75.5 Å². The molecule has 1 aliphatic carbocycles. The van der Waals surface area contributed by atoms with Gasteiger partial charge in [0.25, 0.3) is 0 Å². The van der Waals surface area contributed by atoms with Crippen molar-refractivity contribution in [1.29, 1.82) is 0 Å². The number of hydrogen-bond acceptors (Lipinski definition) is 4. The molecule has 0 saturated heterocycles. The standard InChI is InChI=1S/C30H27N2O.C20H27FGeN.Ir/c1-20(21-9-4-2-5-10-21)23-15-16-31-28(18-23)26-14-8-13-25-27-17-24(22-11-6-3-7-12-22)19-32-30(27)33-29(25)26;1-14-8-9-16(17(21)10-14)19-11-15(12-20(2,3)4)18(13-23-19)22(5,6)7;/h3,6-8,11-13,15-21H,2,4-5,9-10H2,1H3;8,10-11,13H,12H2,1-7H3;/q2*-1;/i20D;1D3,12D2;. The minimum absolute atomic E-state index is 0. The van der Waals surface area contributed by atoms with Gasteiger partial charge in [0.15, 0.2) is 0 Å². The maximum atomic E-state index is 14.7.